The van der Waals surface area contributed by atoms with Gasteiger partial charge in [-0.2, -0.15) is 0 Å². The minimum absolute atomic E-state index is 0.518. The largest absolute Gasteiger partial charge is 0.496 e. The van der Waals surface area contributed by atoms with Gasteiger partial charge in [0.05, 0.1) is 7.11 Å². The molecule has 0 heterocycles. The van der Waals surface area contributed by atoms with Crippen molar-refractivity contribution in [1.82, 2.24) is 5.32 Å². The summed E-state index contributed by atoms with van der Waals surface area (Å²) in [5.74, 6) is 1.89. The number of thioether (sulfide) groups is 1. The predicted octanol–water partition coefficient (Wildman–Crippen LogP) is 4.49. The third-order valence-electron chi connectivity index (χ3n) is 3.22. The topological polar surface area (TPSA) is 21.3 Å². The lowest BCUT2D eigenvalue weighted by Gasteiger charge is -2.10. The number of methoxy groups -OCH3 is 1. The minimum Gasteiger partial charge on any atom is -0.496 e. The molecule has 1 N–H and O–H groups in total. The van der Waals surface area contributed by atoms with Crippen LogP contribution in [0.3, 0.4) is 0 Å². The number of benzene rings is 2. The van der Waals surface area contributed by atoms with Crippen LogP contribution in [0.1, 0.15) is 25.0 Å². The molecule has 0 spiro atoms. The van der Waals surface area contributed by atoms with Crippen molar-refractivity contribution in [2.24, 2.45) is 0 Å². The van der Waals surface area contributed by atoms with Crippen LogP contribution in [0.25, 0.3) is 0 Å². The Labute approximate surface area is 131 Å². The summed E-state index contributed by atoms with van der Waals surface area (Å²) in [7, 11) is 1.72. The van der Waals surface area contributed by atoms with Crippen LogP contribution in [0.2, 0.25) is 0 Å². The van der Waals surface area contributed by atoms with E-state index in [0.29, 0.717) is 6.04 Å². The SMILES string of the molecule is COc1ccccc1CSc1ccc(CNC(C)C)cc1. The average Bonchev–Trinajstić information content (AvgIpc) is 2.52. The van der Waals surface area contributed by atoms with Crippen LogP contribution in [-0.2, 0) is 12.3 Å². The van der Waals surface area contributed by atoms with E-state index in [1.807, 2.05) is 23.9 Å². The van der Waals surface area contributed by atoms with Gasteiger partial charge in [0.25, 0.3) is 0 Å². The molecule has 2 nitrogen and oxygen atoms in total. The molecule has 0 saturated carbocycles. The van der Waals surface area contributed by atoms with E-state index < -0.39 is 0 Å². The summed E-state index contributed by atoms with van der Waals surface area (Å²) in [4.78, 5) is 1.29. The van der Waals surface area contributed by atoms with E-state index in [1.54, 1.807) is 7.11 Å². The van der Waals surface area contributed by atoms with Gasteiger partial charge in [0.15, 0.2) is 0 Å². The van der Waals surface area contributed by atoms with Crippen LogP contribution in [0, 0.1) is 0 Å². The quantitative estimate of drug-likeness (QED) is 0.762. The highest BCUT2D eigenvalue weighted by Crippen LogP contribution is 2.27. The van der Waals surface area contributed by atoms with Gasteiger partial charge in [-0.25, -0.2) is 0 Å². The van der Waals surface area contributed by atoms with E-state index in [0.717, 1.165) is 18.0 Å². The van der Waals surface area contributed by atoms with Crippen molar-refractivity contribution >= 4 is 11.8 Å². The third kappa shape index (κ3) is 5.10. The fourth-order valence-corrected chi connectivity index (χ4v) is 2.90. The zero-order valence-corrected chi connectivity index (χ0v) is 13.7. The Balaban J connectivity index is 1.91. The van der Waals surface area contributed by atoms with Gasteiger partial charge in [-0.15, -0.1) is 11.8 Å². The lowest BCUT2D eigenvalue weighted by molar-refractivity contribution is 0.411. The van der Waals surface area contributed by atoms with E-state index in [1.165, 1.54) is 16.0 Å². The molecular formula is C18H23NOS. The normalized spacial score (nSPS) is 10.9. The zero-order valence-electron chi connectivity index (χ0n) is 12.9. The summed E-state index contributed by atoms with van der Waals surface area (Å²) >= 11 is 1.84. The maximum atomic E-state index is 5.39. The Morgan fingerprint density at radius 3 is 2.43 bits per heavy atom. The molecule has 0 radical (unpaired) electrons. The van der Waals surface area contributed by atoms with Gasteiger partial charge >= 0.3 is 0 Å². The van der Waals surface area contributed by atoms with Crippen LogP contribution in [0.5, 0.6) is 5.75 Å². The number of ether oxygens (including phenoxy) is 1. The standard InChI is InChI=1S/C18H23NOS/c1-14(2)19-12-15-8-10-17(11-9-15)21-13-16-6-4-5-7-18(16)20-3/h4-11,14,19H,12-13H2,1-3H3. The lowest BCUT2D eigenvalue weighted by Crippen LogP contribution is -2.21. The Morgan fingerprint density at radius 1 is 1.05 bits per heavy atom. The Morgan fingerprint density at radius 2 is 1.76 bits per heavy atom. The molecule has 0 aliphatic carbocycles. The van der Waals surface area contributed by atoms with Gasteiger partial charge in [0, 0.05) is 28.8 Å². The Hall–Kier alpha value is -1.45. The zero-order chi connectivity index (χ0) is 15.1. The number of para-hydroxylation sites is 1. The summed E-state index contributed by atoms with van der Waals surface area (Å²) in [6, 6.07) is 17.5. The Bertz CT molecular complexity index is 551. The summed E-state index contributed by atoms with van der Waals surface area (Å²) in [6.45, 7) is 5.25. The highest BCUT2D eigenvalue weighted by Gasteiger charge is 2.03. The van der Waals surface area contributed by atoms with Crippen molar-refractivity contribution in [3.8, 4) is 5.75 Å². The van der Waals surface area contributed by atoms with Crippen LogP contribution in [-0.4, -0.2) is 13.2 Å². The second-order valence-electron chi connectivity index (χ2n) is 5.28. The number of nitrogens with one attached hydrogen (secondary N) is 1. The molecular weight excluding hydrogens is 278 g/mol. The molecule has 0 atom stereocenters. The summed E-state index contributed by atoms with van der Waals surface area (Å²) < 4.78 is 5.39. The van der Waals surface area contributed by atoms with E-state index in [2.05, 4.69) is 55.6 Å². The molecule has 0 unspecified atom stereocenters. The molecule has 2 aromatic rings. The first-order chi connectivity index (χ1) is 10.2. The molecule has 21 heavy (non-hydrogen) atoms. The van der Waals surface area contributed by atoms with Gasteiger partial charge in [-0.1, -0.05) is 44.2 Å². The number of hydrogen-bond donors (Lipinski definition) is 1. The summed E-state index contributed by atoms with van der Waals surface area (Å²) in [5, 5.41) is 3.43. The van der Waals surface area contributed by atoms with Crippen molar-refractivity contribution in [2.45, 2.75) is 37.1 Å². The van der Waals surface area contributed by atoms with Crippen molar-refractivity contribution in [3.63, 3.8) is 0 Å². The van der Waals surface area contributed by atoms with Crippen LogP contribution < -0.4 is 10.1 Å². The first-order valence-electron chi connectivity index (χ1n) is 7.26. The van der Waals surface area contributed by atoms with Gasteiger partial charge in [0.2, 0.25) is 0 Å². The smallest absolute Gasteiger partial charge is 0.122 e. The first-order valence-corrected chi connectivity index (χ1v) is 8.24. The molecule has 0 amide bonds. The number of hydrogen-bond acceptors (Lipinski definition) is 3. The molecule has 0 bridgehead atoms. The third-order valence-corrected chi connectivity index (χ3v) is 4.29. The van der Waals surface area contributed by atoms with E-state index in [-0.39, 0.29) is 0 Å². The van der Waals surface area contributed by atoms with Gasteiger partial charge < -0.3 is 10.1 Å². The maximum Gasteiger partial charge on any atom is 0.122 e. The predicted molar refractivity (Wildman–Crippen MR) is 91.0 cm³/mol. The van der Waals surface area contributed by atoms with Crippen molar-refractivity contribution in [1.29, 1.82) is 0 Å². The van der Waals surface area contributed by atoms with Gasteiger partial charge in [0.1, 0.15) is 5.75 Å². The van der Waals surface area contributed by atoms with Crippen LogP contribution in [0.4, 0.5) is 0 Å². The second-order valence-corrected chi connectivity index (χ2v) is 6.33. The highest BCUT2D eigenvalue weighted by molar-refractivity contribution is 7.98. The highest BCUT2D eigenvalue weighted by atomic mass is 32.2. The molecule has 112 valence electrons. The lowest BCUT2D eigenvalue weighted by atomic mass is 10.2. The molecule has 0 saturated heterocycles. The summed E-state index contributed by atoms with van der Waals surface area (Å²) in [5.41, 5.74) is 2.56. The van der Waals surface area contributed by atoms with E-state index >= 15 is 0 Å². The minimum atomic E-state index is 0.518. The average molecular weight is 301 g/mol. The number of rotatable bonds is 7. The van der Waals surface area contributed by atoms with Crippen LogP contribution in [0.15, 0.2) is 53.4 Å². The molecule has 2 aromatic carbocycles. The van der Waals surface area contributed by atoms with E-state index in [4.69, 9.17) is 4.74 Å². The van der Waals surface area contributed by atoms with Crippen LogP contribution >= 0.6 is 11.8 Å². The second kappa shape index (κ2) is 8.11. The Kier molecular flexibility index (Phi) is 6.15. The molecule has 2 rings (SSSR count). The van der Waals surface area contributed by atoms with Crippen molar-refractivity contribution in [3.05, 3.63) is 59.7 Å². The molecule has 3 heteroatoms. The molecule has 0 aliphatic rings. The monoisotopic (exact) mass is 301 g/mol. The van der Waals surface area contributed by atoms with Gasteiger partial charge in [-0.3, -0.25) is 0 Å². The molecule has 0 aromatic heterocycles. The van der Waals surface area contributed by atoms with E-state index in [9.17, 15) is 0 Å². The van der Waals surface area contributed by atoms with Crippen molar-refractivity contribution < 1.29 is 4.74 Å². The van der Waals surface area contributed by atoms with Crippen molar-refractivity contribution in [2.75, 3.05) is 7.11 Å². The molecule has 0 aliphatic heterocycles. The summed E-state index contributed by atoms with van der Waals surface area (Å²) in [6.07, 6.45) is 0. The molecule has 0 fully saturated rings. The maximum absolute atomic E-state index is 5.39. The first kappa shape index (κ1) is 15.9. The van der Waals surface area contributed by atoms with Gasteiger partial charge in [-0.05, 0) is 23.8 Å². The fourth-order valence-electron chi connectivity index (χ4n) is 2.01. The fraction of sp³-hybridized carbons (Fsp3) is 0.333.